The second-order valence-corrected chi connectivity index (χ2v) is 7.97. The van der Waals surface area contributed by atoms with Crippen molar-refractivity contribution >= 4 is 27.3 Å². The van der Waals surface area contributed by atoms with Crippen LogP contribution in [0, 0.1) is 5.82 Å². The zero-order chi connectivity index (χ0) is 19.3. The van der Waals surface area contributed by atoms with Crippen LogP contribution in [0.2, 0.25) is 0 Å². The van der Waals surface area contributed by atoms with Gasteiger partial charge in [-0.1, -0.05) is 18.2 Å². The van der Waals surface area contributed by atoms with Crippen molar-refractivity contribution in [2.45, 2.75) is 11.3 Å². The molecule has 2 aromatic rings. The van der Waals surface area contributed by atoms with E-state index in [1.54, 1.807) is 18.2 Å². The Hall–Kier alpha value is -2.74. The standard InChI is InChI=1S/C18H19FN2O4S/c1-21(2)18(23)13-10-14(19)12-15(11-13)20-17(22)8-9-26(24,25)16-6-4-3-5-7-16/h3-7,10-12H,8-9H2,1-2H3,(H,20,22). The van der Waals surface area contributed by atoms with Gasteiger partial charge >= 0.3 is 0 Å². The number of nitrogens with zero attached hydrogens (tertiary/aromatic N) is 1. The van der Waals surface area contributed by atoms with Gasteiger partial charge in [0.1, 0.15) is 5.82 Å². The molecule has 2 rings (SSSR count). The normalized spacial score (nSPS) is 11.0. The van der Waals surface area contributed by atoms with Gasteiger partial charge in [-0.3, -0.25) is 9.59 Å². The molecule has 6 nitrogen and oxygen atoms in total. The van der Waals surface area contributed by atoms with Crippen LogP contribution < -0.4 is 5.32 Å². The average molecular weight is 378 g/mol. The van der Waals surface area contributed by atoms with E-state index in [1.165, 1.54) is 37.2 Å². The van der Waals surface area contributed by atoms with Gasteiger partial charge in [0.2, 0.25) is 5.91 Å². The lowest BCUT2D eigenvalue weighted by atomic mass is 10.1. The molecular weight excluding hydrogens is 359 g/mol. The van der Waals surface area contributed by atoms with Crippen molar-refractivity contribution in [1.29, 1.82) is 0 Å². The third kappa shape index (κ3) is 5.13. The topological polar surface area (TPSA) is 83.6 Å². The Kier molecular flexibility index (Phi) is 6.10. The predicted octanol–water partition coefficient (Wildman–Crippen LogP) is 2.33. The van der Waals surface area contributed by atoms with E-state index in [4.69, 9.17) is 0 Å². The van der Waals surface area contributed by atoms with Gasteiger partial charge in [0, 0.05) is 31.8 Å². The molecule has 0 fully saturated rings. The molecule has 26 heavy (non-hydrogen) atoms. The molecule has 0 heterocycles. The van der Waals surface area contributed by atoms with E-state index in [1.807, 2.05) is 0 Å². The summed E-state index contributed by atoms with van der Waals surface area (Å²) in [6.07, 6.45) is -0.287. The maximum Gasteiger partial charge on any atom is 0.253 e. The van der Waals surface area contributed by atoms with Crippen molar-refractivity contribution in [2.24, 2.45) is 0 Å². The molecule has 0 saturated carbocycles. The smallest absolute Gasteiger partial charge is 0.253 e. The fourth-order valence-corrected chi connectivity index (χ4v) is 3.50. The van der Waals surface area contributed by atoms with E-state index in [0.717, 1.165) is 12.1 Å². The molecule has 138 valence electrons. The van der Waals surface area contributed by atoms with Gasteiger partial charge in [-0.25, -0.2) is 12.8 Å². The quantitative estimate of drug-likeness (QED) is 0.836. The number of nitrogens with one attached hydrogen (secondary N) is 1. The zero-order valence-corrected chi connectivity index (χ0v) is 15.2. The minimum Gasteiger partial charge on any atom is -0.345 e. The van der Waals surface area contributed by atoms with Crippen molar-refractivity contribution in [1.82, 2.24) is 4.90 Å². The lowest BCUT2D eigenvalue weighted by Crippen LogP contribution is -2.22. The Morgan fingerprint density at radius 2 is 1.73 bits per heavy atom. The number of carbonyl (C=O) groups is 2. The molecule has 0 saturated heterocycles. The highest BCUT2D eigenvalue weighted by molar-refractivity contribution is 7.91. The monoisotopic (exact) mass is 378 g/mol. The lowest BCUT2D eigenvalue weighted by molar-refractivity contribution is -0.115. The molecule has 0 aliphatic rings. The first-order valence-corrected chi connectivity index (χ1v) is 9.44. The summed E-state index contributed by atoms with van der Waals surface area (Å²) in [5.74, 6) is -2.04. The summed E-state index contributed by atoms with van der Waals surface area (Å²) in [7, 11) is -0.529. The molecule has 2 aromatic carbocycles. The molecule has 1 N–H and O–H groups in total. The number of hydrogen-bond donors (Lipinski definition) is 1. The third-order valence-corrected chi connectivity index (χ3v) is 5.27. The molecule has 0 radical (unpaired) electrons. The summed E-state index contributed by atoms with van der Waals surface area (Å²) >= 11 is 0. The van der Waals surface area contributed by atoms with Crippen molar-refractivity contribution in [3.8, 4) is 0 Å². The van der Waals surface area contributed by atoms with Crippen LogP contribution in [-0.4, -0.2) is 45.0 Å². The van der Waals surface area contributed by atoms with Gasteiger partial charge in [0.05, 0.1) is 10.6 Å². The predicted molar refractivity (Wildman–Crippen MR) is 96.2 cm³/mol. The Morgan fingerprint density at radius 3 is 2.35 bits per heavy atom. The molecule has 2 amide bonds. The molecule has 0 aliphatic heterocycles. The summed E-state index contributed by atoms with van der Waals surface area (Å²) in [5.41, 5.74) is 0.180. The number of rotatable bonds is 6. The van der Waals surface area contributed by atoms with Crippen molar-refractivity contribution in [3.63, 3.8) is 0 Å². The number of hydrogen-bond acceptors (Lipinski definition) is 4. The number of sulfone groups is 1. The fourth-order valence-electron chi connectivity index (χ4n) is 2.24. The highest BCUT2D eigenvalue weighted by Gasteiger charge is 2.17. The van der Waals surface area contributed by atoms with E-state index in [0.29, 0.717) is 0 Å². The molecule has 0 aromatic heterocycles. The van der Waals surface area contributed by atoms with Gasteiger partial charge in [-0.05, 0) is 30.3 Å². The third-order valence-electron chi connectivity index (χ3n) is 3.53. The van der Waals surface area contributed by atoms with Crippen LogP contribution in [0.15, 0.2) is 53.4 Å². The molecule has 8 heteroatoms. The SMILES string of the molecule is CN(C)C(=O)c1cc(F)cc(NC(=O)CCS(=O)(=O)c2ccccc2)c1. The van der Waals surface area contributed by atoms with Gasteiger partial charge in [0.15, 0.2) is 9.84 Å². The maximum atomic E-state index is 13.7. The first-order chi connectivity index (χ1) is 12.2. The fraction of sp³-hybridized carbons (Fsp3) is 0.222. The van der Waals surface area contributed by atoms with E-state index in [2.05, 4.69) is 5.32 Å². The van der Waals surface area contributed by atoms with Gasteiger partial charge < -0.3 is 10.2 Å². The lowest BCUT2D eigenvalue weighted by Gasteiger charge is -2.12. The van der Waals surface area contributed by atoms with Crippen LogP contribution in [0.1, 0.15) is 16.8 Å². The number of halogens is 1. The van der Waals surface area contributed by atoms with Crippen molar-refractivity contribution < 1.29 is 22.4 Å². The van der Waals surface area contributed by atoms with Gasteiger partial charge in [-0.15, -0.1) is 0 Å². The largest absolute Gasteiger partial charge is 0.345 e. The first-order valence-electron chi connectivity index (χ1n) is 7.79. The number of carbonyl (C=O) groups excluding carboxylic acids is 2. The summed E-state index contributed by atoms with van der Waals surface area (Å²) in [6.45, 7) is 0. The Balaban J connectivity index is 2.05. The zero-order valence-electron chi connectivity index (χ0n) is 14.4. The second-order valence-electron chi connectivity index (χ2n) is 5.86. The van der Waals surface area contributed by atoms with Crippen LogP contribution in [0.25, 0.3) is 0 Å². The second kappa shape index (κ2) is 8.09. The van der Waals surface area contributed by atoms with E-state index in [-0.39, 0.29) is 28.3 Å². The summed E-state index contributed by atoms with van der Waals surface area (Å²) in [5, 5.41) is 2.43. The van der Waals surface area contributed by atoms with Crippen LogP contribution in [0.5, 0.6) is 0 Å². The van der Waals surface area contributed by atoms with E-state index < -0.39 is 27.5 Å². The van der Waals surface area contributed by atoms with Crippen LogP contribution in [0.4, 0.5) is 10.1 Å². The van der Waals surface area contributed by atoms with Crippen LogP contribution in [-0.2, 0) is 14.6 Å². The summed E-state index contributed by atoms with van der Waals surface area (Å²) in [4.78, 5) is 25.4. The van der Waals surface area contributed by atoms with Crippen molar-refractivity contribution in [2.75, 3.05) is 25.2 Å². The molecular formula is C18H19FN2O4S. The molecule has 0 unspecified atom stereocenters. The minimum atomic E-state index is -3.58. The number of amides is 2. The summed E-state index contributed by atoms with van der Waals surface area (Å²) < 4.78 is 38.0. The van der Waals surface area contributed by atoms with Crippen LogP contribution in [0.3, 0.4) is 0 Å². The highest BCUT2D eigenvalue weighted by atomic mass is 32.2. The van der Waals surface area contributed by atoms with Crippen molar-refractivity contribution in [3.05, 3.63) is 59.9 Å². The average Bonchev–Trinajstić information content (AvgIpc) is 2.59. The first kappa shape index (κ1) is 19.6. The Morgan fingerprint density at radius 1 is 1.08 bits per heavy atom. The molecule has 0 aliphatic carbocycles. The van der Waals surface area contributed by atoms with Crippen LogP contribution >= 0.6 is 0 Å². The molecule has 0 spiro atoms. The minimum absolute atomic E-state index is 0.0854. The Labute approximate surface area is 151 Å². The highest BCUT2D eigenvalue weighted by Crippen LogP contribution is 2.16. The number of benzene rings is 2. The Bertz CT molecular complexity index is 912. The van der Waals surface area contributed by atoms with Gasteiger partial charge in [-0.2, -0.15) is 0 Å². The summed E-state index contributed by atoms with van der Waals surface area (Å²) in [6, 6.07) is 11.3. The molecule has 0 atom stereocenters. The maximum absolute atomic E-state index is 13.7. The molecule has 0 bridgehead atoms. The number of anilines is 1. The van der Waals surface area contributed by atoms with E-state index >= 15 is 0 Å². The van der Waals surface area contributed by atoms with E-state index in [9.17, 15) is 22.4 Å². The van der Waals surface area contributed by atoms with Gasteiger partial charge in [0.25, 0.3) is 5.91 Å².